The summed E-state index contributed by atoms with van der Waals surface area (Å²) in [6, 6.07) is 3.72. The van der Waals surface area contributed by atoms with E-state index in [9.17, 15) is 9.59 Å². The van der Waals surface area contributed by atoms with Crippen molar-refractivity contribution < 1.29 is 0 Å². The molecule has 3 aromatic rings. The Morgan fingerprint density at radius 3 is 2.46 bits per heavy atom. The Kier molecular flexibility index (Phi) is 4.59. The number of aryl methyl sites for hydroxylation is 2. The van der Waals surface area contributed by atoms with Crippen LogP contribution in [0.2, 0.25) is 0 Å². The molecule has 0 unspecified atom stereocenters. The maximum atomic E-state index is 12.4. The van der Waals surface area contributed by atoms with Crippen molar-refractivity contribution in [2.24, 2.45) is 0 Å². The Bertz CT molecular complexity index is 953. The molecule has 0 radical (unpaired) electrons. The van der Waals surface area contributed by atoms with Crippen molar-refractivity contribution in [1.82, 2.24) is 24.1 Å². The van der Waals surface area contributed by atoms with E-state index in [4.69, 9.17) is 0 Å². The molecule has 0 aliphatic heterocycles. The van der Waals surface area contributed by atoms with Crippen LogP contribution in [0.15, 0.2) is 34.1 Å². The molecule has 0 aliphatic rings. The molecule has 0 saturated heterocycles. The summed E-state index contributed by atoms with van der Waals surface area (Å²) >= 11 is 0. The predicted molar refractivity (Wildman–Crippen MR) is 93.0 cm³/mol. The standard InChI is InChI=1S/C17H21N5O2/c1-3-5-11-21-13-15(19-14(21)12-6-8-18-9-7-12)22(10-4-2)17(24)20-16(13)23/h6-9H,3-5,10-11H2,1-2H3,(H,20,23,24). The van der Waals surface area contributed by atoms with Gasteiger partial charge in [-0.2, -0.15) is 0 Å². The minimum atomic E-state index is -0.407. The molecule has 0 fully saturated rings. The summed E-state index contributed by atoms with van der Waals surface area (Å²) in [6.07, 6.45) is 6.11. The molecule has 0 aromatic carbocycles. The maximum Gasteiger partial charge on any atom is 0.330 e. The molecule has 126 valence electrons. The van der Waals surface area contributed by atoms with Crippen LogP contribution in [0, 0.1) is 0 Å². The molecule has 3 aromatic heterocycles. The van der Waals surface area contributed by atoms with Crippen LogP contribution >= 0.6 is 0 Å². The van der Waals surface area contributed by atoms with Crippen LogP contribution in [0.25, 0.3) is 22.6 Å². The molecule has 0 aliphatic carbocycles. The van der Waals surface area contributed by atoms with Gasteiger partial charge in [0, 0.05) is 31.0 Å². The lowest BCUT2D eigenvalue weighted by molar-refractivity contribution is 0.640. The van der Waals surface area contributed by atoms with Gasteiger partial charge in [0.2, 0.25) is 0 Å². The largest absolute Gasteiger partial charge is 0.330 e. The van der Waals surface area contributed by atoms with Crippen LogP contribution < -0.4 is 11.2 Å². The summed E-state index contributed by atoms with van der Waals surface area (Å²) < 4.78 is 3.46. The molecular formula is C17H21N5O2. The predicted octanol–water partition coefficient (Wildman–Crippen LogP) is 2.16. The van der Waals surface area contributed by atoms with E-state index in [2.05, 4.69) is 21.9 Å². The van der Waals surface area contributed by atoms with Gasteiger partial charge in [-0.3, -0.25) is 19.3 Å². The molecular weight excluding hydrogens is 306 g/mol. The molecule has 0 bridgehead atoms. The van der Waals surface area contributed by atoms with Crippen LogP contribution in [0.3, 0.4) is 0 Å². The highest BCUT2D eigenvalue weighted by Crippen LogP contribution is 2.22. The van der Waals surface area contributed by atoms with E-state index >= 15 is 0 Å². The Morgan fingerprint density at radius 2 is 1.79 bits per heavy atom. The minimum absolute atomic E-state index is 0.383. The number of rotatable bonds is 6. The van der Waals surface area contributed by atoms with Gasteiger partial charge in [0.15, 0.2) is 11.2 Å². The lowest BCUT2D eigenvalue weighted by Crippen LogP contribution is -2.31. The van der Waals surface area contributed by atoms with E-state index in [-0.39, 0.29) is 5.56 Å². The number of pyridine rings is 1. The first-order valence-corrected chi connectivity index (χ1v) is 8.31. The number of H-pyrrole nitrogens is 1. The first-order chi connectivity index (χ1) is 11.7. The number of fused-ring (bicyclic) bond motifs is 1. The third-order valence-electron chi connectivity index (χ3n) is 4.01. The van der Waals surface area contributed by atoms with E-state index in [1.807, 2.05) is 23.6 Å². The van der Waals surface area contributed by atoms with E-state index in [1.165, 1.54) is 0 Å². The quantitative estimate of drug-likeness (QED) is 0.752. The summed E-state index contributed by atoms with van der Waals surface area (Å²) in [5.41, 5.74) is 1.01. The minimum Gasteiger partial charge on any atom is -0.318 e. The van der Waals surface area contributed by atoms with E-state index in [0.29, 0.717) is 30.1 Å². The van der Waals surface area contributed by atoms with Crippen molar-refractivity contribution in [3.8, 4) is 11.4 Å². The summed E-state index contributed by atoms with van der Waals surface area (Å²) in [6.45, 7) is 5.29. The van der Waals surface area contributed by atoms with Crippen LogP contribution in [-0.2, 0) is 13.1 Å². The second-order valence-electron chi connectivity index (χ2n) is 5.76. The Hall–Kier alpha value is -2.70. The van der Waals surface area contributed by atoms with Crippen molar-refractivity contribution in [3.63, 3.8) is 0 Å². The summed E-state index contributed by atoms with van der Waals surface area (Å²) in [5, 5.41) is 0. The van der Waals surface area contributed by atoms with Gasteiger partial charge in [-0.1, -0.05) is 20.3 Å². The fraction of sp³-hybridized carbons (Fsp3) is 0.412. The number of hydrogen-bond acceptors (Lipinski definition) is 4. The van der Waals surface area contributed by atoms with E-state index < -0.39 is 5.69 Å². The Labute approximate surface area is 139 Å². The highest BCUT2D eigenvalue weighted by molar-refractivity contribution is 5.76. The molecule has 0 spiro atoms. The van der Waals surface area contributed by atoms with Crippen LogP contribution in [-0.4, -0.2) is 24.1 Å². The maximum absolute atomic E-state index is 12.4. The molecule has 24 heavy (non-hydrogen) atoms. The lowest BCUT2D eigenvalue weighted by Gasteiger charge is -2.08. The van der Waals surface area contributed by atoms with Crippen LogP contribution in [0.4, 0.5) is 0 Å². The highest BCUT2D eigenvalue weighted by atomic mass is 16.2. The normalized spacial score (nSPS) is 11.2. The van der Waals surface area contributed by atoms with Crippen LogP contribution in [0.5, 0.6) is 0 Å². The molecule has 0 atom stereocenters. The van der Waals surface area contributed by atoms with Crippen molar-refractivity contribution in [2.75, 3.05) is 0 Å². The topological polar surface area (TPSA) is 85.6 Å². The number of hydrogen-bond donors (Lipinski definition) is 1. The van der Waals surface area contributed by atoms with Gasteiger partial charge in [0.05, 0.1) is 0 Å². The zero-order valence-electron chi connectivity index (χ0n) is 14.0. The van der Waals surface area contributed by atoms with Gasteiger partial charge in [-0.05, 0) is 25.0 Å². The lowest BCUT2D eigenvalue weighted by atomic mass is 10.2. The van der Waals surface area contributed by atoms with Gasteiger partial charge in [0.1, 0.15) is 5.82 Å². The molecule has 3 rings (SSSR count). The van der Waals surface area contributed by atoms with Gasteiger partial charge in [-0.25, -0.2) is 9.78 Å². The molecule has 3 heterocycles. The fourth-order valence-electron chi connectivity index (χ4n) is 2.86. The van der Waals surface area contributed by atoms with Crippen molar-refractivity contribution >= 4 is 11.2 Å². The van der Waals surface area contributed by atoms with E-state index in [1.54, 1.807) is 17.0 Å². The SMILES string of the molecule is CCCCn1c(-c2ccncc2)nc2c1c(=O)[nH]c(=O)n2CCC. The molecule has 0 amide bonds. The number of unbranched alkanes of at least 4 members (excludes halogenated alkanes) is 1. The highest BCUT2D eigenvalue weighted by Gasteiger charge is 2.19. The zero-order valence-corrected chi connectivity index (χ0v) is 14.0. The van der Waals surface area contributed by atoms with Crippen molar-refractivity contribution in [2.45, 2.75) is 46.2 Å². The monoisotopic (exact) mass is 327 g/mol. The smallest absolute Gasteiger partial charge is 0.318 e. The first-order valence-electron chi connectivity index (χ1n) is 8.31. The second-order valence-corrected chi connectivity index (χ2v) is 5.76. The van der Waals surface area contributed by atoms with Gasteiger partial charge >= 0.3 is 5.69 Å². The number of nitrogens with one attached hydrogen (secondary N) is 1. The Balaban J connectivity index is 2.35. The first kappa shape index (κ1) is 16.2. The average molecular weight is 327 g/mol. The van der Waals surface area contributed by atoms with Gasteiger partial charge in [-0.15, -0.1) is 0 Å². The van der Waals surface area contributed by atoms with Gasteiger partial charge in [0.25, 0.3) is 5.56 Å². The van der Waals surface area contributed by atoms with E-state index in [0.717, 1.165) is 24.8 Å². The van der Waals surface area contributed by atoms with Gasteiger partial charge < -0.3 is 4.57 Å². The average Bonchev–Trinajstić information content (AvgIpc) is 2.97. The van der Waals surface area contributed by atoms with Crippen LogP contribution in [0.1, 0.15) is 33.1 Å². The van der Waals surface area contributed by atoms with Crippen molar-refractivity contribution in [3.05, 3.63) is 45.4 Å². The Morgan fingerprint density at radius 1 is 1.04 bits per heavy atom. The summed E-state index contributed by atoms with van der Waals surface area (Å²) in [7, 11) is 0. The number of aromatic amines is 1. The number of nitrogens with zero attached hydrogens (tertiary/aromatic N) is 4. The molecule has 1 N–H and O–H groups in total. The molecule has 7 nitrogen and oxygen atoms in total. The fourth-order valence-corrected chi connectivity index (χ4v) is 2.86. The third kappa shape index (κ3) is 2.77. The molecule has 7 heteroatoms. The van der Waals surface area contributed by atoms with Crippen molar-refractivity contribution in [1.29, 1.82) is 0 Å². The molecule has 0 saturated carbocycles. The zero-order chi connectivity index (χ0) is 17.1. The summed E-state index contributed by atoms with van der Waals surface area (Å²) in [5.74, 6) is 0.696. The number of imidazole rings is 1. The second kappa shape index (κ2) is 6.82. The third-order valence-corrected chi connectivity index (χ3v) is 4.01. The summed E-state index contributed by atoms with van der Waals surface area (Å²) in [4.78, 5) is 35.7. The number of aromatic nitrogens is 5.